The number of rotatable bonds is 3. The topological polar surface area (TPSA) is 53.5 Å². The third-order valence-corrected chi connectivity index (χ3v) is 6.15. The third-order valence-electron chi connectivity index (χ3n) is 4.24. The van der Waals surface area contributed by atoms with Gasteiger partial charge in [-0.3, -0.25) is 0 Å². The molecule has 1 fully saturated rings. The molecule has 0 saturated carbocycles. The van der Waals surface area contributed by atoms with Crippen molar-refractivity contribution in [3.63, 3.8) is 0 Å². The van der Waals surface area contributed by atoms with E-state index in [1.807, 2.05) is 0 Å². The van der Waals surface area contributed by atoms with Crippen LogP contribution in [0, 0.1) is 0 Å². The number of nitrogens with zero attached hydrogens (tertiary/aromatic N) is 3. The molecule has 0 N–H and O–H groups in total. The van der Waals surface area contributed by atoms with Gasteiger partial charge in [0.15, 0.2) is 0 Å². The molecule has 0 radical (unpaired) electrons. The molecule has 0 spiro atoms. The highest BCUT2D eigenvalue weighted by Crippen LogP contribution is 2.29. The summed E-state index contributed by atoms with van der Waals surface area (Å²) in [6.45, 7) is 1.50. The molecular weight excluding hydrogens is 367 g/mol. The lowest BCUT2D eigenvalue weighted by molar-refractivity contribution is -0.137. The summed E-state index contributed by atoms with van der Waals surface area (Å²) in [7, 11) is -3.58. The molecule has 5 nitrogen and oxygen atoms in total. The molecule has 140 valence electrons. The lowest BCUT2D eigenvalue weighted by atomic mass is 10.2. The van der Waals surface area contributed by atoms with Crippen LogP contribution in [0.15, 0.2) is 53.6 Å². The van der Waals surface area contributed by atoms with Crippen molar-refractivity contribution in [3.05, 3.63) is 54.2 Å². The molecule has 2 aromatic rings. The van der Waals surface area contributed by atoms with E-state index < -0.39 is 21.8 Å². The van der Waals surface area contributed by atoms with Gasteiger partial charge in [0.2, 0.25) is 10.0 Å². The van der Waals surface area contributed by atoms with Crippen molar-refractivity contribution in [3.8, 4) is 0 Å². The Morgan fingerprint density at radius 3 is 2.27 bits per heavy atom. The van der Waals surface area contributed by atoms with Crippen molar-refractivity contribution < 1.29 is 21.6 Å². The smallest absolute Gasteiger partial charge is 0.355 e. The Hall–Kier alpha value is -2.13. The van der Waals surface area contributed by atoms with Gasteiger partial charge < -0.3 is 4.90 Å². The standard InChI is InChI=1S/C17H18F3N3O2S/c18-17(19,20)14-7-8-16(21-13-14)22-9-4-10-23(12-11-22)26(24,25)15-5-2-1-3-6-15/h1-3,5-8,13H,4,9-12H2. The molecule has 0 aliphatic carbocycles. The second-order valence-corrected chi connectivity index (χ2v) is 7.90. The average Bonchev–Trinajstić information content (AvgIpc) is 2.88. The van der Waals surface area contributed by atoms with Crippen molar-refractivity contribution in [1.82, 2.24) is 9.29 Å². The van der Waals surface area contributed by atoms with Gasteiger partial charge in [-0.2, -0.15) is 17.5 Å². The largest absolute Gasteiger partial charge is 0.417 e. The fourth-order valence-corrected chi connectivity index (χ4v) is 4.34. The maximum atomic E-state index is 12.7. The highest BCUT2D eigenvalue weighted by Gasteiger charge is 2.31. The fraction of sp³-hybridized carbons (Fsp3) is 0.353. The SMILES string of the molecule is O=S(=O)(c1ccccc1)N1CCCN(c2ccc(C(F)(F)F)cn2)CC1. The Kier molecular flexibility index (Phi) is 5.19. The summed E-state index contributed by atoms with van der Waals surface area (Å²) >= 11 is 0. The number of halogens is 3. The molecule has 1 aliphatic heterocycles. The molecule has 26 heavy (non-hydrogen) atoms. The molecule has 2 heterocycles. The number of alkyl halides is 3. The fourth-order valence-electron chi connectivity index (χ4n) is 2.85. The van der Waals surface area contributed by atoms with Crippen LogP contribution >= 0.6 is 0 Å². The summed E-state index contributed by atoms with van der Waals surface area (Å²) in [5.74, 6) is 0.414. The first-order valence-corrected chi connectivity index (χ1v) is 9.56. The Balaban J connectivity index is 1.72. The predicted molar refractivity (Wildman–Crippen MR) is 91.3 cm³/mol. The van der Waals surface area contributed by atoms with Gasteiger partial charge in [-0.15, -0.1) is 0 Å². The van der Waals surface area contributed by atoms with Gasteiger partial charge in [-0.25, -0.2) is 13.4 Å². The summed E-state index contributed by atoms with van der Waals surface area (Å²) in [5, 5.41) is 0. The van der Waals surface area contributed by atoms with Crippen LogP contribution in [0.2, 0.25) is 0 Å². The van der Waals surface area contributed by atoms with Crippen molar-refractivity contribution in [2.75, 3.05) is 31.1 Å². The number of hydrogen-bond acceptors (Lipinski definition) is 4. The molecular formula is C17H18F3N3O2S. The van der Waals surface area contributed by atoms with E-state index in [9.17, 15) is 21.6 Å². The van der Waals surface area contributed by atoms with Gasteiger partial charge in [0.25, 0.3) is 0 Å². The van der Waals surface area contributed by atoms with E-state index in [2.05, 4.69) is 4.98 Å². The summed E-state index contributed by atoms with van der Waals surface area (Å²) < 4.78 is 64.7. The lowest BCUT2D eigenvalue weighted by Crippen LogP contribution is -2.35. The third kappa shape index (κ3) is 3.99. The van der Waals surface area contributed by atoms with Crippen molar-refractivity contribution in [2.45, 2.75) is 17.5 Å². The van der Waals surface area contributed by atoms with Gasteiger partial charge in [0.1, 0.15) is 5.82 Å². The van der Waals surface area contributed by atoms with Gasteiger partial charge >= 0.3 is 6.18 Å². The first-order chi connectivity index (χ1) is 12.3. The van der Waals surface area contributed by atoms with Crippen LogP contribution in [0.1, 0.15) is 12.0 Å². The van der Waals surface area contributed by atoms with E-state index in [-0.39, 0.29) is 11.4 Å². The van der Waals surface area contributed by atoms with Crippen LogP contribution in [0.4, 0.5) is 19.0 Å². The van der Waals surface area contributed by atoms with Crippen LogP contribution in [0.5, 0.6) is 0 Å². The number of anilines is 1. The first-order valence-electron chi connectivity index (χ1n) is 8.12. The minimum absolute atomic E-state index is 0.237. The normalized spacial score (nSPS) is 17.1. The Labute approximate surface area is 150 Å². The van der Waals surface area contributed by atoms with Crippen LogP contribution in [-0.2, 0) is 16.2 Å². The Morgan fingerprint density at radius 2 is 1.65 bits per heavy atom. The summed E-state index contributed by atoms with van der Waals surface area (Å²) in [4.78, 5) is 5.94. The maximum Gasteiger partial charge on any atom is 0.417 e. The maximum absolute atomic E-state index is 12.7. The molecule has 0 atom stereocenters. The van der Waals surface area contributed by atoms with Crippen LogP contribution in [0.3, 0.4) is 0 Å². The molecule has 0 bridgehead atoms. The Bertz CT molecular complexity index is 840. The number of pyridine rings is 1. The summed E-state index contributed by atoms with van der Waals surface area (Å²) in [6.07, 6.45) is -3.06. The molecule has 1 aromatic carbocycles. The molecule has 9 heteroatoms. The predicted octanol–water partition coefficient (Wildman–Crippen LogP) is 3.00. The van der Waals surface area contributed by atoms with Gasteiger partial charge in [0, 0.05) is 32.4 Å². The zero-order valence-electron chi connectivity index (χ0n) is 13.9. The zero-order chi connectivity index (χ0) is 18.8. The van der Waals surface area contributed by atoms with Crippen LogP contribution < -0.4 is 4.90 Å². The zero-order valence-corrected chi connectivity index (χ0v) is 14.7. The van der Waals surface area contributed by atoms with E-state index in [0.29, 0.717) is 31.9 Å². The van der Waals surface area contributed by atoms with E-state index >= 15 is 0 Å². The van der Waals surface area contributed by atoms with Crippen LogP contribution in [0.25, 0.3) is 0 Å². The minimum Gasteiger partial charge on any atom is -0.355 e. The second kappa shape index (κ2) is 7.24. The van der Waals surface area contributed by atoms with Crippen molar-refractivity contribution in [1.29, 1.82) is 0 Å². The number of sulfonamides is 1. The monoisotopic (exact) mass is 385 g/mol. The number of benzene rings is 1. The highest BCUT2D eigenvalue weighted by molar-refractivity contribution is 7.89. The van der Waals surface area contributed by atoms with Gasteiger partial charge in [-0.1, -0.05) is 18.2 Å². The number of hydrogen-bond donors (Lipinski definition) is 0. The summed E-state index contributed by atoms with van der Waals surface area (Å²) in [5.41, 5.74) is -0.802. The first kappa shape index (κ1) is 18.7. The van der Waals surface area contributed by atoms with Crippen LogP contribution in [-0.4, -0.2) is 43.9 Å². The minimum atomic E-state index is -4.43. The highest BCUT2D eigenvalue weighted by atomic mass is 32.2. The molecule has 3 rings (SSSR count). The summed E-state index contributed by atoms with van der Waals surface area (Å²) in [6, 6.07) is 10.5. The second-order valence-electron chi connectivity index (χ2n) is 5.96. The lowest BCUT2D eigenvalue weighted by Gasteiger charge is -2.23. The van der Waals surface area contributed by atoms with Crippen molar-refractivity contribution >= 4 is 15.8 Å². The quantitative estimate of drug-likeness (QED) is 0.815. The van der Waals surface area contributed by atoms with E-state index in [0.717, 1.165) is 12.3 Å². The van der Waals surface area contributed by atoms with Gasteiger partial charge in [0.05, 0.1) is 10.5 Å². The van der Waals surface area contributed by atoms with E-state index in [1.54, 1.807) is 35.2 Å². The molecule has 1 saturated heterocycles. The molecule has 1 aliphatic rings. The van der Waals surface area contributed by atoms with E-state index in [4.69, 9.17) is 0 Å². The number of aromatic nitrogens is 1. The Morgan fingerprint density at radius 1 is 0.923 bits per heavy atom. The molecule has 0 amide bonds. The van der Waals surface area contributed by atoms with Gasteiger partial charge in [-0.05, 0) is 30.7 Å². The van der Waals surface area contributed by atoms with Crippen molar-refractivity contribution in [2.24, 2.45) is 0 Å². The molecule has 0 unspecified atom stereocenters. The molecule has 1 aromatic heterocycles. The van der Waals surface area contributed by atoms with E-state index in [1.165, 1.54) is 10.4 Å². The average molecular weight is 385 g/mol.